The van der Waals surface area contributed by atoms with Gasteiger partial charge in [-0.2, -0.15) is 20.3 Å². The number of methoxy groups -OCH3 is 2. The maximum Gasteiger partial charge on any atom is 0.221 e. The third kappa shape index (κ3) is 3.88. The average molecular weight is 302 g/mol. The minimum absolute atomic E-state index is 0. The standard InChI is InChI=1S/C9H11N5O6.H3N/c1-17-7-5(12-15)6(13-16)8(18-2)19-9(7)20-14(3-10)4-11;/h5-9H,1-2H3;1H3. The van der Waals surface area contributed by atoms with Crippen LogP contribution in [0.25, 0.3) is 0 Å². The van der Waals surface area contributed by atoms with Crippen LogP contribution in [0.2, 0.25) is 0 Å². The van der Waals surface area contributed by atoms with E-state index in [2.05, 4.69) is 10.4 Å². The Labute approximate surface area is 119 Å². The van der Waals surface area contributed by atoms with E-state index in [0.717, 1.165) is 0 Å². The molecule has 1 saturated heterocycles. The molecule has 0 radical (unpaired) electrons. The smallest absolute Gasteiger partial charge is 0.221 e. The van der Waals surface area contributed by atoms with E-state index in [1.165, 1.54) is 26.6 Å². The lowest BCUT2D eigenvalue weighted by Crippen LogP contribution is -2.58. The fourth-order valence-electron chi connectivity index (χ4n) is 1.74. The summed E-state index contributed by atoms with van der Waals surface area (Å²) in [7, 11) is 2.45. The molecule has 12 nitrogen and oxygen atoms in total. The predicted molar refractivity (Wildman–Crippen MR) is 64.8 cm³/mol. The van der Waals surface area contributed by atoms with Crippen molar-refractivity contribution in [3.8, 4) is 12.4 Å². The predicted octanol–water partition coefficient (Wildman–Crippen LogP) is -0.0420. The van der Waals surface area contributed by atoms with Crippen LogP contribution in [0.3, 0.4) is 0 Å². The lowest BCUT2D eigenvalue weighted by molar-refractivity contribution is -0.343. The van der Waals surface area contributed by atoms with E-state index in [-0.39, 0.29) is 11.2 Å². The van der Waals surface area contributed by atoms with Crippen molar-refractivity contribution in [2.75, 3.05) is 14.2 Å². The van der Waals surface area contributed by atoms with Gasteiger partial charge in [-0.05, 0) is 0 Å². The van der Waals surface area contributed by atoms with Gasteiger partial charge in [-0.15, -0.1) is 0 Å². The van der Waals surface area contributed by atoms with E-state index in [1.807, 2.05) is 0 Å². The molecule has 0 spiro atoms. The Bertz CT molecular complexity index is 421. The number of rotatable bonds is 6. The summed E-state index contributed by atoms with van der Waals surface area (Å²) in [6, 6.07) is -2.49. The largest absolute Gasteiger partial charge is 0.374 e. The molecule has 0 aromatic heterocycles. The summed E-state index contributed by atoms with van der Waals surface area (Å²) in [5.74, 6) is 0. The molecule has 1 heterocycles. The number of nitroso groups, excluding NO2 is 2. The highest BCUT2D eigenvalue weighted by Crippen LogP contribution is 2.28. The van der Waals surface area contributed by atoms with E-state index >= 15 is 0 Å². The molecule has 116 valence electrons. The SMILES string of the molecule is COC1OC(ON(C#N)C#N)C(OC)C(N=O)C1N=O.N. The van der Waals surface area contributed by atoms with Gasteiger partial charge in [0.15, 0.2) is 18.4 Å². The van der Waals surface area contributed by atoms with Gasteiger partial charge in [0, 0.05) is 14.2 Å². The van der Waals surface area contributed by atoms with E-state index in [4.69, 9.17) is 29.6 Å². The van der Waals surface area contributed by atoms with Crippen LogP contribution in [-0.4, -0.2) is 50.1 Å². The second-order valence-corrected chi connectivity index (χ2v) is 3.60. The quantitative estimate of drug-likeness (QED) is 0.302. The van der Waals surface area contributed by atoms with Crippen molar-refractivity contribution in [2.45, 2.75) is 30.8 Å². The number of nitriles is 2. The van der Waals surface area contributed by atoms with Gasteiger partial charge in [0.2, 0.25) is 18.7 Å². The van der Waals surface area contributed by atoms with Gasteiger partial charge in [-0.1, -0.05) is 15.4 Å². The molecule has 12 heteroatoms. The third-order valence-electron chi connectivity index (χ3n) is 2.64. The molecular weight excluding hydrogens is 288 g/mol. The molecule has 0 amide bonds. The molecule has 0 aromatic carbocycles. The second kappa shape index (κ2) is 8.85. The van der Waals surface area contributed by atoms with Crippen LogP contribution >= 0.6 is 0 Å². The Morgan fingerprint density at radius 3 is 2.00 bits per heavy atom. The highest BCUT2D eigenvalue weighted by Gasteiger charge is 2.50. The average Bonchev–Trinajstić information content (AvgIpc) is 2.50. The third-order valence-corrected chi connectivity index (χ3v) is 2.64. The van der Waals surface area contributed by atoms with Crippen molar-refractivity contribution in [3.63, 3.8) is 0 Å². The molecule has 1 aliphatic heterocycles. The van der Waals surface area contributed by atoms with Crippen LogP contribution in [0.15, 0.2) is 10.4 Å². The van der Waals surface area contributed by atoms with Gasteiger partial charge in [0.25, 0.3) is 0 Å². The maximum atomic E-state index is 10.9. The molecule has 1 rings (SSSR count). The molecule has 21 heavy (non-hydrogen) atoms. The first-order valence-electron chi connectivity index (χ1n) is 5.29. The van der Waals surface area contributed by atoms with Crippen LogP contribution in [0.5, 0.6) is 0 Å². The van der Waals surface area contributed by atoms with Crippen molar-refractivity contribution < 1.29 is 19.0 Å². The van der Waals surface area contributed by atoms with Crippen LogP contribution in [0.1, 0.15) is 0 Å². The highest BCUT2D eigenvalue weighted by atomic mass is 16.8. The molecule has 1 fully saturated rings. The fourth-order valence-corrected chi connectivity index (χ4v) is 1.74. The van der Waals surface area contributed by atoms with E-state index < -0.39 is 30.8 Å². The van der Waals surface area contributed by atoms with Gasteiger partial charge in [-0.3, -0.25) is 0 Å². The zero-order valence-electron chi connectivity index (χ0n) is 11.3. The first kappa shape index (κ1) is 18.8. The number of nitrogens with zero attached hydrogens (tertiary/aromatic N) is 5. The number of ether oxygens (including phenoxy) is 3. The van der Waals surface area contributed by atoms with E-state index in [9.17, 15) is 9.81 Å². The molecule has 5 atom stereocenters. The van der Waals surface area contributed by atoms with Crippen LogP contribution in [0.4, 0.5) is 0 Å². The maximum absolute atomic E-state index is 10.9. The van der Waals surface area contributed by atoms with Gasteiger partial charge in [0.1, 0.15) is 6.10 Å². The molecule has 0 bridgehead atoms. The monoisotopic (exact) mass is 302 g/mol. The minimum Gasteiger partial charge on any atom is -0.374 e. The van der Waals surface area contributed by atoms with E-state index in [0.29, 0.717) is 0 Å². The lowest BCUT2D eigenvalue weighted by atomic mass is 9.99. The molecule has 1 aliphatic rings. The number of hydroxylamine groups is 2. The Kier molecular flexibility index (Phi) is 7.92. The van der Waals surface area contributed by atoms with Crippen LogP contribution < -0.4 is 6.15 Å². The summed E-state index contributed by atoms with van der Waals surface area (Å²) in [5, 5.41) is 23.0. The van der Waals surface area contributed by atoms with E-state index in [1.54, 1.807) is 0 Å². The summed E-state index contributed by atoms with van der Waals surface area (Å²) in [6.45, 7) is 0. The Hall–Kier alpha value is -2.22. The zero-order valence-corrected chi connectivity index (χ0v) is 11.3. The van der Waals surface area contributed by atoms with Gasteiger partial charge < -0.3 is 20.4 Å². The zero-order chi connectivity index (χ0) is 15.1. The van der Waals surface area contributed by atoms with Crippen molar-refractivity contribution in [2.24, 2.45) is 10.4 Å². The second-order valence-electron chi connectivity index (χ2n) is 3.60. The first-order chi connectivity index (χ1) is 9.66. The lowest BCUT2D eigenvalue weighted by Gasteiger charge is -2.39. The van der Waals surface area contributed by atoms with Crippen molar-refractivity contribution in [1.82, 2.24) is 11.2 Å². The fraction of sp³-hybridized carbons (Fsp3) is 0.778. The molecule has 0 saturated carbocycles. The van der Waals surface area contributed by atoms with Crippen molar-refractivity contribution in [3.05, 3.63) is 9.81 Å². The topological polar surface area (TPSA) is 182 Å². The highest BCUT2D eigenvalue weighted by molar-refractivity contribution is 4.96. The van der Waals surface area contributed by atoms with Crippen LogP contribution in [-0.2, 0) is 19.0 Å². The van der Waals surface area contributed by atoms with Gasteiger partial charge in [-0.25, -0.2) is 4.84 Å². The Morgan fingerprint density at radius 2 is 1.62 bits per heavy atom. The van der Waals surface area contributed by atoms with Crippen LogP contribution in [0, 0.1) is 32.7 Å². The van der Waals surface area contributed by atoms with Crippen molar-refractivity contribution >= 4 is 0 Å². The van der Waals surface area contributed by atoms with Gasteiger partial charge in [0.05, 0.1) is 0 Å². The Morgan fingerprint density at radius 1 is 1.05 bits per heavy atom. The minimum atomic E-state index is -1.34. The summed E-state index contributed by atoms with van der Waals surface area (Å²) >= 11 is 0. The molecular formula is C9H14N6O6. The molecule has 0 aromatic rings. The molecule has 0 aliphatic carbocycles. The molecule has 5 unspecified atom stereocenters. The van der Waals surface area contributed by atoms with Gasteiger partial charge >= 0.3 is 0 Å². The number of hydrogen-bond donors (Lipinski definition) is 1. The summed E-state index contributed by atoms with van der Waals surface area (Å²) in [6.07, 6.45) is -0.864. The first-order valence-corrected chi connectivity index (χ1v) is 5.29. The van der Waals surface area contributed by atoms with Crippen molar-refractivity contribution in [1.29, 1.82) is 10.5 Å². The summed E-state index contributed by atoms with van der Waals surface area (Å²) in [5.41, 5.74) is 0. The normalized spacial score (nSPS) is 31.1. The summed E-state index contributed by atoms with van der Waals surface area (Å²) < 4.78 is 15.0. The summed E-state index contributed by atoms with van der Waals surface area (Å²) in [4.78, 5) is 26.6. The molecule has 3 N–H and O–H groups in total. The Balaban J connectivity index is 0.00000400. The number of hydrogen-bond acceptors (Lipinski definition) is 12.